The molecule has 1 fully saturated rings. The number of aromatic nitrogens is 4. The van der Waals surface area contributed by atoms with Gasteiger partial charge in [-0.3, -0.25) is 4.79 Å². The van der Waals surface area contributed by atoms with Gasteiger partial charge in [0.05, 0.1) is 6.61 Å². The monoisotopic (exact) mass is 341 g/mol. The number of rotatable bonds is 6. The Morgan fingerprint density at radius 1 is 1.40 bits per heavy atom. The van der Waals surface area contributed by atoms with Gasteiger partial charge in [0.15, 0.2) is 5.82 Å². The van der Waals surface area contributed by atoms with Gasteiger partial charge >= 0.3 is 0 Å². The lowest BCUT2D eigenvalue weighted by Crippen LogP contribution is -2.37. The Balaban J connectivity index is 1.91. The molecule has 0 bridgehead atoms. The molecule has 0 spiro atoms. The number of ether oxygens (including phenoxy) is 1. The van der Waals surface area contributed by atoms with Gasteiger partial charge in [-0.15, -0.1) is 5.10 Å². The maximum Gasteiger partial charge on any atom is 0.272 e. The minimum absolute atomic E-state index is 0.0753. The first-order valence-electron chi connectivity index (χ1n) is 8.58. The second-order valence-electron chi connectivity index (χ2n) is 6.15. The van der Waals surface area contributed by atoms with Gasteiger partial charge in [-0.25, -0.2) is 0 Å². The van der Waals surface area contributed by atoms with E-state index in [1.165, 1.54) is 4.68 Å². The van der Waals surface area contributed by atoms with Crippen LogP contribution in [0.1, 0.15) is 24.7 Å². The van der Waals surface area contributed by atoms with Crippen LogP contribution in [0.25, 0.3) is 11.8 Å². The average molecular weight is 341 g/mol. The summed E-state index contributed by atoms with van der Waals surface area (Å²) in [7, 11) is 0. The van der Waals surface area contributed by atoms with E-state index in [1.54, 1.807) is 6.92 Å². The van der Waals surface area contributed by atoms with Crippen LogP contribution in [-0.2, 0) is 9.53 Å². The van der Waals surface area contributed by atoms with Gasteiger partial charge in [0.1, 0.15) is 5.70 Å². The number of hydrogen-bond acceptors (Lipinski definition) is 5. The van der Waals surface area contributed by atoms with E-state index in [1.807, 2.05) is 48.2 Å². The molecule has 1 atom stereocenters. The van der Waals surface area contributed by atoms with Crippen molar-refractivity contribution in [1.82, 2.24) is 25.1 Å². The topological polar surface area (TPSA) is 73.1 Å². The number of tetrazole rings is 1. The highest BCUT2D eigenvalue weighted by atomic mass is 16.5. The molecular formula is C18H23N5O2. The van der Waals surface area contributed by atoms with Crippen LogP contribution in [0.15, 0.2) is 30.3 Å². The number of carbonyl (C=O) groups excluding carboxylic acids is 1. The number of likely N-dealkylation sites (N-methyl/N-ethyl adjacent to an activating group) is 1. The van der Waals surface area contributed by atoms with Gasteiger partial charge in [-0.05, 0) is 42.3 Å². The van der Waals surface area contributed by atoms with Crippen molar-refractivity contribution in [1.29, 1.82) is 0 Å². The highest BCUT2D eigenvalue weighted by molar-refractivity contribution is 6.18. The summed E-state index contributed by atoms with van der Waals surface area (Å²) in [4.78, 5) is 15.1. The Labute approximate surface area is 147 Å². The molecule has 7 heteroatoms. The first-order valence-corrected chi connectivity index (χ1v) is 8.58. The molecule has 0 radical (unpaired) electrons. The fraction of sp³-hybridized carbons (Fsp3) is 0.444. The lowest BCUT2D eigenvalue weighted by Gasteiger charge is -2.25. The van der Waals surface area contributed by atoms with Crippen LogP contribution in [0.2, 0.25) is 0 Å². The lowest BCUT2D eigenvalue weighted by atomic mass is 10.1. The van der Waals surface area contributed by atoms with Crippen molar-refractivity contribution in [3.05, 3.63) is 41.7 Å². The maximum atomic E-state index is 13.2. The highest BCUT2D eigenvalue weighted by Gasteiger charge is 2.25. The molecular weight excluding hydrogens is 318 g/mol. The molecule has 0 saturated carbocycles. The molecule has 1 aromatic carbocycles. The number of nitrogens with zero attached hydrogens (tertiary/aromatic N) is 5. The molecule has 2 aromatic rings. The first kappa shape index (κ1) is 17.3. The Kier molecular flexibility index (Phi) is 5.55. The predicted molar refractivity (Wildman–Crippen MR) is 94.3 cm³/mol. The van der Waals surface area contributed by atoms with Crippen molar-refractivity contribution in [2.24, 2.45) is 5.92 Å². The largest absolute Gasteiger partial charge is 0.381 e. The summed E-state index contributed by atoms with van der Waals surface area (Å²) in [5.74, 6) is 0.890. The smallest absolute Gasteiger partial charge is 0.272 e. The van der Waals surface area contributed by atoms with Gasteiger partial charge in [0.2, 0.25) is 0 Å². The van der Waals surface area contributed by atoms with Crippen LogP contribution in [0.3, 0.4) is 0 Å². The Bertz CT molecular complexity index is 735. The zero-order valence-corrected chi connectivity index (χ0v) is 14.6. The quantitative estimate of drug-likeness (QED) is 0.750. The van der Waals surface area contributed by atoms with E-state index in [0.717, 1.165) is 18.6 Å². The van der Waals surface area contributed by atoms with Gasteiger partial charge in [0.25, 0.3) is 5.91 Å². The minimum atomic E-state index is -0.0753. The normalized spacial score (nSPS) is 17.7. The molecule has 1 aromatic heterocycles. The fourth-order valence-electron chi connectivity index (χ4n) is 2.93. The van der Waals surface area contributed by atoms with Gasteiger partial charge < -0.3 is 9.64 Å². The minimum Gasteiger partial charge on any atom is -0.381 e. The van der Waals surface area contributed by atoms with Gasteiger partial charge in [0, 0.05) is 25.6 Å². The van der Waals surface area contributed by atoms with E-state index in [9.17, 15) is 4.79 Å². The van der Waals surface area contributed by atoms with Crippen LogP contribution in [0.5, 0.6) is 0 Å². The summed E-state index contributed by atoms with van der Waals surface area (Å²) >= 11 is 0. The van der Waals surface area contributed by atoms with Crippen LogP contribution >= 0.6 is 0 Å². The third-order valence-corrected chi connectivity index (χ3v) is 4.35. The predicted octanol–water partition coefficient (Wildman–Crippen LogP) is 1.86. The molecule has 25 heavy (non-hydrogen) atoms. The SMILES string of the molecule is CCN(C[C@@H]1CCOC1)C(=O)/C(=C\c1ccccc1)n1nnnc1C. The molecule has 132 valence electrons. The third kappa shape index (κ3) is 4.11. The summed E-state index contributed by atoms with van der Waals surface area (Å²) in [5.41, 5.74) is 1.38. The van der Waals surface area contributed by atoms with E-state index in [0.29, 0.717) is 37.1 Å². The molecule has 7 nitrogen and oxygen atoms in total. The van der Waals surface area contributed by atoms with Crippen molar-refractivity contribution >= 4 is 17.7 Å². The van der Waals surface area contributed by atoms with Crippen molar-refractivity contribution in [3.8, 4) is 0 Å². The van der Waals surface area contributed by atoms with E-state index in [-0.39, 0.29) is 5.91 Å². The van der Waals surface area contributed by atoms with E-state index in [4.69, 9.17) is 4.74 Å². The summed E-state index contributed by atoms with van der Waals surface area (Å²) in [5, 5.41) is 11.6. The summed E-state index contributed by atoms with van der Waals surface area (Å²) in [6.45, 7) is 6.57. The van der Waals surface area contributed by atoms with E-state index < -0.39 is 0 Å². The Morgan fingerprint density at radius 2 is 2.20 bits per heavy atom. The molecule has 2 heterocycles. The van der Waals surface area contributed by atoms with Crippen molar-refractivity contribution < 1.29 is 9.53 Å². The van der Waals surface area contributed by atoms with Crippen molar-refractivity contribution in [2.75, 3.05) is 26.3 Å². The fourth-order valence-corrected chi connectivity index (χ4v) is 2.93. The number of benzene rings is 1. The molecule has 1 aliphatic heterocycles. The standard InChI is InChI=1S/C18H23N5O2/c1-3-22(12-16-9-10-25-13-16)18(24)17(23-14(2)19-20-21-23)11-15-7-5-4-6-8-15/h4-8,11,16H,3,9-10,12-13H2,1-2H3/b17-11+/t16-/m0/s1. The molecule has 0 aliphatic carbocycles. The maximum absolute atomic E-state index is 13.2. The van der Waals surface area contributed by atoms with Gasteiger partial charge in [-0.2, -0.15) is 4.68 Å². The van der Waals surface area contributed by atoms with Crippen LogP contribution in [0.4, 0.5) is 0 Å². The third-order valence-electron chi connectivity index (χ3n) is 4.35. The number of hydrogen-bond donors (Lipinski definition) is 0. The summed E-state index contributed by atoms with van der Waals surface area (Å²) in [6, 6.07) is 9.73. The van der Waals surface area contributed by atoms with Crippen molar-refractivity contribution in [2.45, 2.75) is 20.3 Å². The van der Waals surface area contributed by atoms with Crippen molar-refractivity contribution in [3.63, 3.8) is 0 Å². The molecule has 1 saturated heterocycles. The lowest BCUT2D eigenvalue weighted by molar-refractivity contribution is -0.125. The van der Waals surface area contributed by atoms with Gasteiger partial charge in [-0.1, -0.05) is 30.3 Å². The highest BCUT2D eigenvalue weighted by Crippen LogP contribution is 2.19. The molecule has 1 aliphatic rings. The molecule has 3 rings (SSSR count). The Hall–Kier alpha value is -2.54. The second kappa shape index (κ2) is 8.02. The zero-order valence-electron chi connectivity index (χ0n) is 14.6. The van der Waals surface area contributed by atoms with Crippen LogP contribution in [-0.4, -0.2) is 57.3 Å². The summed E-state index contributed by atoms with van der Waals surface area (Å²) in [6.07, 6.45) is 2.82. The van der Waals surface area contributed by atoms with E-state index in [2.05, 4.69) is 15.5 Å². The number of carbonyl (C=O) groups is 1. The average Bonchev–Trinajstić information content (AvgIpc) is 3.29. The summed E-state index contributed by atoms with van der Waals surface area (Å²) < 4.78 is 6.94. The number of amides is 1. The van der Waals surface area contributed by atoms with E-state index >= 15 is 0 Å². The first-order chi connectivity index (χ1) is 12.2. The zero-order chi connectivity index (χ0) is 17.6. The van der Waals surface area contributed by atoms with Crippen LogP contribution < -0.4 is 0 Å². The number of aryl methyl sites for hydroxylation is 1. The molecule has 0 N–H and O–H groups in total. The van der Waals surface area contributed by atoms with Crippen LogP contribution in [0, 0.1) is 12.8 Å². The Morgan fingerprint density at radius 3 is 2.80 bits per heavy atom. The second-order valence-corrected chi connectivity index (χ2v) is 6.15. The molecule has 1 amide bonds. The molecule has 0 unspecified atom stereocenters.